The maximum atomic E-state index is 14.1. The number of sulfonamides is 2. The first-order valence-electron chi connectivity index (χ1n) is 9.71. The Hall–Kier alpha value is -2.17. The number of ether oxygens (including phenoxy) is 1. The van der Waals surface area contributed by atoms with Crippen molar-refractivity contribution in [2.75, 3.05) is 23.6 Å². The van der Waals surface area contributed by atoms with E-state index in [0.29, 0.717) is 19.4 Å². The second-order valence-corrected chi connectivity index (χ2v) is 10.8. The average molecular weight is 457 g/mol. The lowest BCUT2D eigenvalue weighted by atomic mass is 10.0. The Balaban J connectivity index is 1.82. The predicted molar refractivity (Wildman–Crippen MR) is 113 cm³/mol. The number of fused-ring (bicyclic) bond motifs is 1. The van der Waals surface area contributed by atoms with E-state index in [1.54, 1.807) is 25.1 Å². The molecule has 1 aliphatic heterocycles. The standard InChI is InChI=1S/C20H25FN2O5S2/c1-3-11-29(24,25)23-10-9-15-5-6-17(12-16(15)14-23)22-30(26,27)18-7-8-20(28-4-2)19(21)13-18/h5-8,12-13,22H,3-4,9-11,14H2,1-2H3. The number of hydrogen-bond donors (Lipinski definition) is 1. The van der Waals surface area contributed by atoms with Crippen LogP contribution in [0.15, 0.2) is 41.3 Å². The van der Waals surface area contributed by atoms with Crippen molar-refractivity contribution in [1.29, 1.82) is 0 Å². The van der Waals surface area contributed by atoms with Gasteiger partial charge in [0.2, 0.25) is 10.0 Å². The highest BCUT2D eigenvalue weighted by Crippen LogP contribution is 2.27. The Morgan fingerprint density at radius 2 is 1.83 bits per heavy atom. The minimum absolute atomic E-state index is 0.0152. The second-order valence-electron chi connectivity index (χ2n) is 7.01. The van der Waals surface area contributed by atoms with Crippen molar-refractivity contribution in [2.45, 2.75) is 38.1 Å². The molecule has 0 aliphatic carbocycles. The quantitative estimate of drug-likeness (QED) is 0.659. The maximum Gasteiger partial charge on any atom is 0.262 e. The number of anilines is 1. The van der Waals surface area contributed by atoms with Gasteiger partial charge >= 0.3 is 0 Å². The molecule has 0 unspecified atom stereocenters. The normalized spacial score (nSPS) is 14.9. The molecule has 1 N–H and O–H groups in total. The average Bonchev–Trinajstić information content (AvgIpc) is 2.68. The molecular weight excluding hydrogens is 431 g/mol. The van der Waals surface area contributed by atoms with Crippen LogP contribution in [0.25, 0.3) is 0 Å². The first-order valence-corrected chi connectivity index (χ1v) is 12.8. The first-order chi connectivity index (χ1) is 14.2. The third-order valence-electron chi connectivity index (χ3n) is 4.80. The molecular formula is C20H25FN2O5S2. The van der Waals surface area contributed by atoms with Crippen LogP contribution in [-0.2, 0) is 33.0 Å². The fraction of sp³-hybridized carbons (Fsp3) is 0.400. The fourth-order valence-electron chi connectivity index (χ4n) is 3.35. The summed E-state index contributed by atoms with van der Waals surface area (Å²) in [5, 5.41) is 0. The van der Waals surface area contributed by atoms with Gasteiger partial charge in [-0.25, -0.2) is 21.2 Å². The van der Waals surface area contributed by atoms with Crippen molar-refractivity contribution < 1.29 is 26.0 Å². The zero-order valence-corrected chi connectivity index (χ0v) is 18.5. The zero-order chi connectivity index (χ0) is 21.9. The third kappa shape index (κ3) is 4.93. The van der Waals surface area contributed by atoms with Crippen LogP contribution in [0, 0.1) is 5.82 Å². The summed E-state index contributed by atoms with van der Waals surface area (Å²) in [6, 6.07) is 8.49. The Morgan fingerprint density at radius 1 is 1.07 bits per heavy atom. The van der Waals surface area contributed by atoms with Crippen LogP contribution in [-0.4, -0.2) is 40.0 Å². The van der Waals surface area contributed by atoms with Gasteiger partial charge in [0.05, 0.1) is 17.3 Å². The summed E-state index contributed by atoms with van der Waals surface area (Å²) in [4.78, 5) is -0.228. The third-order valence-corrected chi connectivity index (χ3v) is 8.21. The van der Waals surface area contributed by atoms with Gasteiger partial charge in [-0.15, -0.1) is 0 Å². The van der Waals surface area contributed by atoms with Gasteiger partial charge in [0.1, 0.15) is 0 Å². The molecule has 0 fully saturated rings. The summed E-state index contributed by atoms with van der Waals surface area (Å²) in [7, 11) is -7.36. The van der Waals surface area contributed by atoms with E-state index in [-0.39, 0.29) is 35.2 Å². The Labute approximate surface area is 177 Å². The minimum atomic E-state index is -4.02. The first kappa shape index (κ1) is 22.5. The van der Waals surface area contributed by atoms with Crippen molar-refractivity contribution in [3.8, 4) is 5.75 Å². The molecule has 7 nitrogen and oxygen atoms in total. The summed E-state index contributed by atoms with van der Waals surface area (Å²) >= 11 is 0. The molecule has 1 heterocycles. The molecule has 0 spiro atoms. The number of benzene rings is 2. The summed E-state index contributed by atoms with van der Waals surface area (Å²) in [5.41, 5.74) is 2.02. The molecule has 0 bridgehead atoms. The molecule has 0 saturated heterocycles. The van der Waals surface area contributed by atoms with Crippen LogP contribution in [0.1, 0.15) is 31.4 Å². The van der Waals surface area contributed by atoms with Crippen LogP contribution < -0.4 is 9.46 Å². The largest absolute Gasteiger partial charge is 0.491 e. The molecule has 0 amide bonds. The second kappa shape index (κ2) is 8.91. The van der Waals surface area contributed by atoms with E-state index in [2.05, 4.69) is 4.72 Å². The summed E-state index contributed by atoms with van der Waals surface area (Å²) in [5.74, 6) is -0.696. The molecule has 0 saturated carbocycles. The SMILES string of the molecule is CCCS(=O)(=O)N1CCc2ccc(NS(=O)(=O)c3ccc(OCC)c(F)c3)cc2C1. The van der Waals surface area contributed by atoms with Crippen molar-refractivity contribution in [1.82, 2.24) is 4.31 Å². The topological polar surface area (TPSA) is 92.8 Å². The van der Waals surface area contributed by atoms with E-state index in [1.807, 2.05) is 6.92 Å². The van der Waals surface area contributed by atoms with E-state index >= 15 is 0 Å². The molecule has 0 aromatic heterocycles. The molecule has 10 heteroatoms. The lowest BCUT2D eigenvalue weighted by molar-refractivity contribution is 0.321. The number of nitrogens with one attached hydrogen (secondary N) is 1. The molecule has 2 aromatic rings. The Kier molecular flexibility index (Phi) is 6.68. The van der Waals surface area contributed by atoms with Crippen molar-refractivity contribution in [2.24, 2.45) is 0 Å². The smallest absolute Gasteiger partial charge is 0.262 e. The van der Waals surface area contributed by atoms with Gasteiger partial charge in [0.15, 0.2) is 11.6 Å². The minimum Gasteiger partial charge on any atom is -0.491 e. The van der Waals surface area contributed by atoms with Crippen molar-refractivity contribution >= 4 is 25.7 Å². The van der Waals surface area contributed by atoms with Gasteiger partial charge in [-0.1, -0.05) is 13.0 Å². The van der Waals surface area contributed by atoms with Crippen LogP contribution in [0.3, 0.4) is 0 Å². The van der Waals surface area contributed by atoms with Gasteiger partial charge in [-0.05, 0) is 61.2 Å². The number of hydrogen-bond acceptors (Lipinski definition) is 5. The Bertz CT molecular complexity index is 1130. The van der Waals surface area contributed by atoms with Gasteiger partial charge < -0.3 is 4.74 Å². The van der Waals surface area contributed by atoms with Crippen LogP contribution in [0.4, 0.5) is 10.1 Å². The summed E-state index contributed by atoms with van der Waals surface area (Å²) < 4.78 is 73.1. The van der Waals surface area contributed by atoms with Gasteiger partial charge in [0.25, 0.3) is 10.0 Å². The molecule has 164 valence electrons. The number of rotatable bonds is 8. The molecule has 30 heavy (non-hydrogen) atoms. The predicted octanol–water partition coefficient (Wildman–Crippen LogP) is 3.12. The zero-order valence-electron chi connectivity index (χ0n) is 16.9. The summed E-state index contributed by atoms with van der Waals surface area (Å²) in [6.07, 6.45) is 1.10. The van der Waals surface area contributed by atoms with Crippen molar-refractivity contribution in [3.05, 3.63) is 53.3 Å². The summed E-state index contributed by atoms with van der Waals surface area (Å²) in [6.45, 7) is 4.39. The van der Waals surface area contributed by atoms with Gasteiger partial charge in [-0.2, -0.15) is 4.31 Å². The monoisotopic (exact) mass is 456 g/mol. The molecule has 2 aromatic carbocycles. The highest BCUT2D eigenvalue weighted by molar-refractivity contribution is 7.92. The number of halogens is 1. The number of nitrogens with zero attached hydrogens (tertiary/aromatic N) is 1. The van der Waals surface area contributed by atoms with Crippen molar-refractivity contribution in [3.63, 3.8) is 0 Å². The van der Waals surface area contributed by atoms with Gasteiger partial charge in [-0.3, -0.25) is 4.72 Å². The highest BCUT2D eigenvalue weighted by atomic mass is 32.2. The Morgan fingerprint density at radius 3 is 2.50 bits per heavy atom. The maximum absolute atomic E-state index is 14.1. The molecule has 3 rings (SSSR count). The lowest BCUT2D eigenvalue weighted by Gasteiger charge is -2.28. The van der Waals surface area contributed by atoms with Crippen LogP contribution in [0.5, 0.6) is 5.75 Å². The van der Waals surface area contributed by atoms with Crippen LogP contribution >= 0.6 is 0 Å². The van der Waals surface area contributed by atoms with E-state index in [4.69, 9.17) is 4.74 Å². The fourth-order valence-corrected chi connectivity index (χ4v) is 5.89. The van der Waals surface area contributed by atoms with E-state index in [1.165, 1.54) is 16.4 Å². The van der Waals surface area contributed by atoms with Crippen LogP contribution in [0.2, 0.25) is 0 Å². The lowest BCUT2D eigenvalue weighted by Crippen LogP contribution is -2.37. The van der Waals surface area contributed by atoms with E-state index in [0.717, 1.165) is 17.2 Å². The molecule has 0 radical (unpaired) electrons. The van der Waals surface area contributed by atoms with Gasteiger partial charge in [0, 0.05) is 18.8 Å². The highest BCUT2D eigenvalue weighted by Gasteiger charge is 2.26. The van der Waals surface area contributed by atoms with E-state index < -0.39 is 25.9 Å². The van der Waals surface area contributed by atoms with E-state index in [9.17, 15) is 21.2 Å². The molecule has 0 atom stereocenters. The molecule has 1 aliphatic rings.